The van der Waals surface area contributed by atoms with E-state index >= 15 is 0 Å². The first-order chi connectivity index (χ1) is 14.0. The van der Waals surface area contributed by atoms with Crippen LogP contribution < -0.4 is 19.7 Å². The van der Waals surface area contributed by atoms with E-state index in [1.807, 2.05) is 17.5 Å². The molecule has 29 heavy (non-hydrogen) atoms. The Bertz CT molecular complexity index is 887. The fourth-order valence-electron chi connectivity index (χ4n) is 3.11. The molecule has 2 N–H and O–H groups in total. The topological polar surface area (TPSA) is 72.3 Å². The van der Waals surface area contributed by atoms with Crippen molar-refractivity contribution in [3.8, 4) is 11.5 Å². The molecule has 1 aliphatic rings. The lowest BCUT2D eigenvalue weighted by Crippen LogP contribution is -3.12. The van der Waals surface area contributed by atoms with Crippen LogP contribution in [0.3, 0.4) is 0 Å². The molecule has 8 heteroatoms. The first-order valence-corrected chi connectivity index (χ1v) is 10.3. The van der Waals surface area contributed by atoms with Crippen molar-refractivity contribution in [2.45, 2.75) is 0 Å². The molecule has 1 saturated heterocycles. The number of quaternary nitrogens is 1. The van der Waals surface area contributed by atoms with Crippen LogP contribution in [0, 0.1) is 0 Å². The Hall–Kier alpha value is -2.84. The van der Waals surface area contributed by atoms with Crippen LogP contribution in [0.5, 0.6) is 11.5 Å². The van der Waals surface area contributed by atoms with E-state index in [0.717, 1.165) is 18.7 Å². The summed E-state index contributed by atoms with van der Waals surface area (Å²) in [7, 11) is 5.24. The summed E-state index contributed by atoms with van der Waals surface area (Å²) in [6.07, 6.45) is 1.68. The lowest BCUT2D eigenvalue weighted by atomic mass is 10.1. The van der Waals surface area contributed by atoms with Crippen LogP contribution >= 0.6 is 11.3 Å². The second-order valence-corrected chi connectivity index (χ2v) is 7.80. The summed E-state index contributed by atoms with van der Waals surface area (Å²) in [6, 6.07) is 8.91. The fourth-order valence-corrected chi connectivity index (χ4v) is 3.73. The highest BCUT2D eigenvalue weighted by atomic mass is 32.1. The van der Waals surface area contributed by atoms with E-state index in [0.29, 0.717) is 29.5 Å². The number of hydrogen-bond acceptors (Lipinski definition) is 5. The van der Waals surface area contributed by atoms with E-state index in [-0.39, 0.29) is 17.5 Å². The van der Waals surface area contributed by atoms with Gasteiger partial charge in [0, 0.05) is 0 Å². The van der Waals surface area contributed by atoms with Crippen molar-refractivity contribution < 1.29 is 24.0 Å². The van der Waals surface area contributed by atoms with Gasteiger partial charge < -0.3 is 24.6 Å². The van der Waals surface area contributed by atoms with Gasteiger partial charge in [-0.2, -0.15) is 0 Å². The molecule has 0 unspecified atom stereocenters. The average Bonchev–Trinajstić information content (AvgIpc) is 3.28. The molecule has 2 aromatic rings. The van der Waals surface area contributed by atoms with Crippen LogP contribution in [-0.2, 0) is 4.79 Å². The molecule has 2 heterocycles. The fraction of sp³-hybridized carbons (Fsp3) is 0.333. The Labute approximate surface area is 174 Å². The van der Waals surface area contributed by atoms with Gasteiger partial charge in [-0.25, -0.2) is 0 Å². The number of amides is 2. The van der Waals surface area contributed by atoms with E-state index in [4.69, 9.17) is 9.47 Å². The lowest BCUT2D eigenvalue weighted by molar-refractivity contribution is -0.883. The molecule has 0 radical (unpaired) electrons. The number of piperazine rings is 1. The number of carbonyl (C=O) groups is 2. The van der Waals surface area contributed by atoms with Gasteiger partial charge in [-0.1, -0.05) is 12.1 Å². The second-order valence-electron chi connectivity index (χ2n) is 6.85. The van der Waals surface area contributed by atoms with Gasteiger partial charge in [0.2, 0.25) is 0 Å². The monoisotopic (exact) mass is 416 g/mol. The third-order valence-corrected chi connectivity index (χ3v) is 5.72. The Balaban J connectivity index is 1.90. The van der Waals surface area contributed by atoms with Crippen LogP contribution in [-0.4, -0.2) is 64.2 Å². The number of likely N-dealkylation sites (N-methyl/N-ethyl adjacent to an activating group) is 1. The van der Waals surface area contributed by atoms with E-state index in [2.05, 4.69) is 12.4 Å². The average molecular weight is 417 g/mol. The zero-order valence-corrected chi connectivity index (χ0v) is 17.7. The van der Waals surface area contributed by atoms with Crippen molar-refractivity contribution in [1.29, 1.82) is 0 Å². The van der Waals surface area contributed by atoms with Crippen LogP contribution in [0.4, 0.5) is 0 Å². The first-order valence-electron chi connectivity index (χ1n) is 9.41. The van der Waals surface area contributed by atoms with Gasteiger partial charge in [-0.3, -0.25) is 9.59 Å². The number of benzene rings is 1. The van der Waals surface area contributed by atoms with Gasteiger partial charge in [0.15, 0.2) is 11.5 Å². The van der Waals surface area contributed by atoms with Crippen molar-refractivity contribution in [1.82, 2.24) is 10.2 Å². The molecule has 1 aliphatic heterocycles. The van der Waals surface area contributed by atoms with Gasteiger partial charge in [-0.05, 0) is 35.2 Å². The quantitative estimate of drug-likeness (QED) is 0.687. The maximum absolute atomic E-state index is 13.2. The molecule has 0 spiro atoms. The maximum Gasteiger partial charge on any atom is 0.270 e. The van der Waals surface area contributed by atoms with Gasteiger partial charge in [0.25, 0.3) is 11.8 Å². The standard InChI is InChI=1S/C21H25N3O4S/c1-23-8-10-24(11-9-23)21(26)16(22-20(25)19-5-4-12-29-19)13-15-6-7-17(27-2)18(14-15)28-3/h4-7,12-14H,8-11H2,1-3H3,(H,22,25)/p+1/b16-13+. The molecule has 3 rings (SSSR count). The molecule has 2 amide bonds. The highest BCUT2D eigenvalue weighted by Gasteiger charge is 2.25. The highest BCUT2D eigenvalue weighted by molar-refractivity contribution is 7.12. The Morgan fingerprint density at radius 2 is 1.86 bits per heavy atom. The third kappa shape index (κ3) is 5.16. The van der Waals surface area contributed by atoms with Gasteiger partial charge in [-0.15, -0.1) is 11.3 Å². The van der Waals surface area contributed by atoms with Crippen molar-refractivity contribution in [2.75, 3.05) is 47.4 Å². The number of nitrogens with one attached hydrogen (secondary N) is 2. The van der Waals surface area contributed by atoms with Crippen molar-refractivity contribution >= 4 is 29.2 Å². The van der Waals surface area contributed by atoms with Crippen LogP contribution in [0.1, 0.15) is 15.2 Å². The van der Waals surface area contributed by atoms with E-state index < -0.39 is 0 Å². The summed E-state index contributed by atoms with van der Waals surface area (Å²) >= 11 is 1.33. The number of nitrogens with zero attached hydrogens (tertiary/aromatic N) is 1. The number of methoxy groups -OCH3 is 2. The van der Waals surface area contributed by atoms with Crippen LogP contribution in [0.2, 0.25) is 0 Å². The predicted molar refractivity (Wildman–Crippen MR) is 113 cm³/mol. The second kappa shape index (κ2) is 9.58. The van der Waals surface area contributed by atoms with E-state index in [1.54, 1.807) is 43.4 Å². The number of hydrogen-bond donors (Lipinski definition) is 2. The Kier molecular flexibility index (Phi) is 6.90. The largest absolute Gasteiger partial charge is 0.493 e. The summed E-state index contributed by atoms with van der Waals surface area (Å²) in [5, 5.41) is 4.64. The summed E-state index contributed by atoms with van der Waals surface area (Å²) in [5.74, 6) is 0.681. The molecule has 0 atom stereocenters. The summed E-state index contributed by atoms with van der Waals surface area (Å²) in [5.41, 5.74) is 0.979. The predicted octanol–water partition coefficient (Wildman–Crippen LogP) is 0.893. The highest BCUT2D eigenvalue weighted by Crippen LogP contribution is 2.28. The molecule has 0 bridgehead atoms. The summed E-state index contributed by atoms with van der Waals surface area (Å²) < 4.78 is 10.6. The molecule has 1 aromatic heterocycles. The SMILES string of the molecule is COc1ccc(/C=C(/NC(=O)c2cccs2)C(=O)N2CC[NH+](C)CC2)cc1OC. The van der Waals surface area contributed by atoms with Crippen molar-refractivity contribution in [3.63, 3.8) is 0 Å². The minimum absolute atomic E-state index is 0.183. The number of rotatable bonds is 6. The summed E-state index contributed by atoms with van der Waals surface area (Å²) in [4.78, 5) is 29.5. The summed E-state index contributed by atoms with van der Waals surface area (Å²) in [6.45, 7) is 3.08. The smallest absolute Gasteiger partial charge is 0.270 e. The van der Waals surface area contributed by atoms with Gasteiger partial charge in [0.05, 0.1) is 52.3 Å². The van der Waals surface area contributed by atoms with Gasteiger partial charge in [0.1, 0.15) is 5.70 Å². The van der Waals surface area contributed by atoms with Crippen molar-refractivity contribution in [3.05, 3.63) is 51.8 Å². The molecular weight excluding hydrogens is 390 g/mol. The van der Waals surface area contributed by atoms with E-state index in [1.165, 1.54) is 16.2 Å². The molecular formula is C21H26N3O4S+. The van der Waals surface area contributed by atoms with Gasteiger partial charge >= 0.3 is 0 Å². The maximum atomic E-state index is 13.2. The molecule has 1 fully saturated rings. The minimum Gasteiger partial charge on any atom is -0.493 e. The third-order valence-electron chi connectivity index (χ3n) is 4.85. The molecule has 0 aliphatic carbocycles. The Morgan fingerprint density at radius 3 is 2.48 bits per heavy atom. The Morgan fingerprint density at radius 1 is 1.14 bits per heavy atom. The number of carbonyl (C=O) groups excluding carboxylic acids is 2. The molecule has 154 valence electrons. The zero-order valence-electron chi connectivity index (χ0n) is 16.9. The van der Waals surface area contributed by atoms with Crippen LogP contribution in [0.15, 0.2) is 41.4 Å². The molecule has 7 nitrogen and oxygen atoms in total. The molecule has 1 aromatic carbocycles. The lowest BCUT2D eigenvalue weighted by Gasteiger charge is -2.30. The van der Waals surface area contributed by atoms with Crippen molar-refractivity contribution in [2.24, 2.45) is 0 Å². The normalized spacial score (nSPS) is 15.1. The number of ether oxygens (including phenoxy) is 2. The minimum atomic E-state index is -0.292. The number of thiophene rings is 1. The zero-order chi connectivity index (χ0) is 20.8. The molecule has 0 saturated carbocycles. The van der Waals surface area contributed by atoms with Crippen LogP contribution in [0.25, 0.3) is 6.08 Å². The van der Waals surface area contributed by atoms with E-state index in [9.17, 15) is 9.59 Å². The first kappa shape index (κ1) is 20.9.